The molecule has 100 valence electrons. The van der Waals surface area contributed by atoms with Crippen LogP contribution in [-0.2, 0) is 12.8 Å². The van der Waals surface area contributed by atoms with Crippen LogP contribution in [0.2, 0.25) is 0 Å². The van der Waals surface area contributed by atoms with E-state index in [1.807, 2.05) is 0 Å². The fourth-order valence-electron chi connectivity index (χ4n) is 2.19. The lowest BCUT2D eigenvalue weighted by Crippen LogP contribution is -2.11. The Morgan fingerprint density at radius 2 is 2.32 bits per heavy atom. The summed E-state index contributed by atoms with van der Waals surface area (Å²) in [4.78, 5) is 18.4. The van der Waals surface area contributed by atoms with Crippen molar-refractivity contribution >= 4 is 33.9 Å². The van der Waals surface area contributed by atoms with Crippen LogP contribution in [0.25, 0.3) is 0 Å². The third kappa shape index (κ3) is 2.52. The molecule has 0 aliphatic heterocycles. The molecule has 1 aliphatic carbocycles. The van der Waals surface area contributed by atoms with E-state index in [0.29, 0.717) is 21.6 Å². The molecule has 5 nitrogen and oxygen atoms in total. The summed E-state index contributed by atoms with van der Waals surface area (Å²) >= 11 is 2.71. The number of nitrogens with one attached hydrogen (secondary N) is 1. The van der Waals surface area contributed by atoms with Crippen molar-refractivity contribution < 1.29 is 4.79 Å². The van der Waals surface area contributed by atoms with Crippen LogP contribution in [0.15, 0.2) is 0 Å². The van der Waals surface area contributed by atoms with Crippen LogP contribution in [0.5, 0.6) is 0 Å². The highest BCUT2D eigenvalue weighted by Gasteiger charge is 2.21. The van der Waals surface area contributed by atoms with Crippen molar-refractivity contribution in [3.8, 4) is 0 Å². The highest BCUT2D eigenvalue weighted by Crippen LogP contribution is 2.32. The van der Waals surface area contributed by atoms with Gasteiger partial charge in [0.25, 0.3) is 5.91 Å². The molecule has 2 aromatic rings. The second kappa shape index (κ2) is 4.97. The average Bonchev–Trinajstić information content (AvgIpc) is 2.94. The van der Waals surface area contributed by atoms with E-state index in [1.54, 1.807) is 18.3 Å². The third-order valence-corrected chi connectivity index (χ3v) is 5.13. The van der Waals surface area contributed by atoms with Gasteiger partial charge in [0.2, 0.25) is 0 Å². The zero-order valence-electron chi connectivity index (χ0n) is 10.8. The number of nitrogens with zero attached hydrogens (tertiary/aromatic N) is 3. The summed E-state index contributed by atoms with van der Waals surface area (Å²) in [5, 5.41) is 7.39. The number of rotatable bonds is 2. The number of thiazole rings is 1. The van der Waals surface area contributed by atoms with E-state index in [2.05, 4.69) is 26.8 Å². The molecule has 1 aliphatic rings. The standard InChI is InChI=1S/C12H14N4OS2/c1-6-3-4-8-9(5-6)18-12(13-8)14-11(17)10-7(2)15-16-19-10/h6H,3-5H2,1-2H3,(H,13,14,17)/t6-/m1/s1. The first kappa shape index (κ1) is 12.7. The second-order valence-electron chi connectivity index (χ2n) is 4.88. The van der Waals surface area contributed by atoms with Crippen LogP contribution >= 0.6 is 22.9 Å². The van der Waals surface area contributed by atoms with Gasteiger partial charge < -0.3 is 0 Å². The first-order chi connectivity index (χ1) is 9.13. The summed E-state index contributed by atoms with van der Waals surface area (Å²) in [6.07, 6.45) is 3.27. The molecule has 0 saturated heterocycles. The molecule has 19 heavy (non-hydrogen) atoms. The maximum absolute atomic E-state index is 12.1. The highest BCUT2D eigenvalue weighted by molar-refractivity contribution is 7.16. The number of hydrogen-bond acceptors (Lipinski definition) is 6. The molecule has 1 amide bonds. The zero-order valence-corrected chi connectivity index (χ0v) is 12.4. The van der Waals surface area contributed by atoms with Gasteiger partial charge in [-0.1, -0.05) is 11.4 Å². The molecule has 0 radical (unpaired) electrons. The molecule has 2 aromatic heterocycles. The lowest BCUT2D eigenvalue weighted by molar-refractivity contribution is 0.103. The van der Waals surface area contributed by atoms with Gasteiger partial charge in [-0.2, -0.15) is 0 Å². The number of anilines is 1. The van der Waals surface area contributed by atoms with Crippen LogP contribution in [0.4, 0.5) is 5.13 Å². The molecule has 0 unspecified atom stereocenters. The number of amides is 1. The lowest BCUT2D eigenvalue weighted by atomic mass is 9.93. The second-order valence-corrected chi connectivity index (χ2v) is 6.72. The van der Waals surface area contributed by atoms with E-state index in [9.17, 15) is 4.79 Å². The zero-order chi connectivity index (χ0) is 13.4. The molecule has 1 atom stereocenters. The van der Waals surface area contributed by atoms with Crippen LogP contribution in [0.3, 0.4) is 0 Å². The van der Waals surface area contributed by atoms with Gasteiger partial charge in [0.1, 0.15) is 4.88 Å². The van der Waals surface area contributed by atoms with Crippen LogP contribution in [0, 0.1) is 12.8 Å². The van der Waals surface area contributed by atoms with E-state index >= 15 is 0 Å². The summed E-state index contributed by atoms with van der Waals surface area (Å²) in [6, 6.07) is 0. The van der Waals surface area contributed by atoms with Gasteiger partial charge in [0.15, 0.2) is 5.13 Å². The van der Waals surface area contributed by atoms with Crippen molar-refractivity contribution in [2.75, 3.05) is 5.32 Å². The summed E-state index contributed by atoms with van der Waals surface area (Å²) in [7, 11) is 0. The topological polar surface area (TPSA) is 67.8 Å². The summed E-state index contributed by atoms with van der Waals surface area (Å²) in [5.41, 5.74) is 1.81. The Bertz CT molecular complexity index is 619. The molecular weight excluding hydrogens is 280 g/mol. The molecule has 0 saturated carbocycles. The van der Waals surface area contributed by atoms with Gasteiger partial charge in [-0.15, -0.1) is 16.4 Å². The minimum absolute atomic E-state index is 0.161. The maximum Gasteiger partial charge on any atom is 0.271 e. The highest BCUT2D eigenvalue weighted by atomic mass is 32.1. The van der Waals surface area contributed by atoms with Crippen molar-refractivity contribution in [1.29, 1.82) is 0 Å². The van der Waals surface area contributed by atoms with E-state index in [4.69, 9.17) is 0 Å². The van der Waals surface area contributed by atoms with Crippen LogP contribution in [0.1, 0.15) is 39.3 Å². The molecule has 2 heterocycles. The predicted molar refractivity (Wildman–Crippen MR) is 75.9 cm³/mol. The Kier molecular flexibility index (Phi) is 3.32. The molecule has 3 rings (SSSR count). The van der Waals surface area contributed by atoms with E-state index < -0.39 is 0 Å². The van der Waals surface area contributed by atoms with Crippen molar-refractivity contribution in [3.05, 3.63) is 21.1 Å². The fourth-order valence-corrected chi connectivity index (χ4v) is 3.91. The number of aryl methyl sites for hydroxylation is 2. The van der Waals surface area contributed by atoms with Crippen LogP contribution < -0.4 is 5.32 Å². The minimum atomic E-state index is -0.161. The summed E-state index contributed by atoms with van der Waals surface area (Å²) in [5.74, 6) is 0.552. The predicted octanol–water partition coefficient (Wildman–Crippen LogP) is 2.68. The molecule has 1 N–H and O–H groups in total. The van der Waals surface area contributed by atoms with Crippen molar-refractivity contribution in [2.45, 2.75) is 33.1 Å². The van der Waals surface area contributed by atoms with Gasteiger partial charge in [0.05, 0.1) is 11.4 Å². The average molecular weight is 294 g/mol. The molecule has 0 aromatic carbocycles. The van der Waals surface area contributed by atoms with Gasteiger partial charge in [0, 0.05) is 4.88 Å². The van der Waals surface area contributed by atoms with Gasteiger partial charge in [-0.05, 0) is 43.6 Å². The third-order valence-electron chi connectivity index (χ3n) is 3.26. The Hall–Kier alpha value is -1.34. The van der Waals surface area contributed by atoms with Crippen LogP contribution in [-0.4, -0.2) is 20.5 Å². The van der Waals surface area contributed by atoms with Crippen molar-refractivity contribution in [2.24, 2.45) is 5.92 Å². The number of fused-ring (bicyclic) bond motifs is 1. The lowest BCUT2D eigenvalue weighted by Gasteiger charge is -2.15. The quantitative estimate of drug-likeness (QED) is 0.924. The van der Waals surface area contributed by atoms with Gasteiger partial charge in [-0.3, -0.25) is 10.1 Å². The van der Waals surface area contributed by atoms with E-state index in [1.165, 1.54) is 11.3 Å². The Balaban J connectivity index is 1.78. The minimum Gasteiger partial charge on any atom is -0.297 e. The number of carbonyl (C=O) groups excluding carboxylic acids is 1. The first-order valence-corrected chi connectivity index (χ1v) is 7.81. The number of hydrogen-bond donors (Lipinski definition) is 1. The maximum atomic E-state index is 12.1. The van der Waals surface area contributed by atoms with Gasteiger partial charge in [-0.25, -0.2) is 4.98 Å². The molecule has 7 heteroatoms. The molecule has 0 spiro atoms. The van der Waals surface area contributed by atoms with Gasteiger partial charge >= 0.3 is 0 Å². The fraction of sp³-hybridized carbons (Fsp3) is 0.500. The summed E-state index contributed by atoms with van der Waals surface area (Å²) < 4.78 is 3.77. The monoisotopic (exact) mass is 294 g/mol. The first-order valence-electron chi connectivity index (χ1n) is 6.22. The molecular formula is C12H14N4OS2. The number of carbonyl (C=O) groups is 1. The smallest absolute Gasteiger partial charge is 0.271 e. The van der Waals surface area contributed by atoms with Crippen molar-refractivity contribution in [3.63, 3.8) is 0 Å². The normalized spacial score (nSPS) is 18.1. The Morgan fingerprint density at radius 1 is 1.47 bits per heavy atom. The largest absolute Gasteiger partial charge is 0.297 e. The SMILES string of the molecule is Cc1nnsc1C(=O)Nc1nc2c(s1)C[C@H](C)CC2. The van der Waals surface area contributed by atoms with E-state index in [-0.39, 0.29) is 5.91 Å². The number of aromatic nitrogens is 3. The molecule has 0 fully saturated rings. The molecule has 0 bridgehead atoms. The van der Waals surface area contributed by atoms with E-state index in [0.717, 1.165) is 30.1 Å². The Morgan fingerprint density at radius 3 is 3.05 bits per heavy atom. The van der Waals surface area contributed by atoms with Crippen molar-refractivity contribution in [1.82, 2.24) is 14.6 Å². The Labute approximate surface area is 119 Å². The summed E-state index contributed by atoms with van der Waals surface area (Å²) in [6.45, 7) is 4.04.